The van der Waals surface area contributed by atoms with Crippen molar-refractivity contribution in [3.63, 3.8) is 0 Å². The van der Waals surface area contributed by atoms with Crippen LogP contribution in [0.1, 0.15) is 12.6 Å². The molecule has 4 rings (SSSR count). The fraction of sp³-hybridized carbons (Fsp3) is 0.333. The molecule has 1 aliphatic rings. The van der Waals surface area contributed by atoms with Crippen LogP contribution in [0.25, 0.3) is 11.3 Å². The van der Waals surface area contributed by atoms with Gasteiger partial charge < -0.3 is 15.1 Å². The molecule has 156 valence electrons. The molecule has 0 atom stereocenters. The van der Waals surface area contributed by atoms with Crippen molar-refractivity contribution < 1.29 is 0 Å². The lowest BCUT2D eigenvalue weighted by molar-refractivity contribution is 0.270. The number of likely N-dealkylation sites (N-methyl/N-ethyl adjacent to an activating group) is 1. The number of H-pyrrole nitrogens is 1. The zero-order chi connectivity index (χ0) is 21.1. The minimum Gasteiger partial charge on any atom is -0.338 e. The van der Waals surface area contributed by atoms with Gasteiger partial charge in [0.2, 0.25) is 11.9 Å². The van der Waals surface area contributed by atoms with Gasteiger partial charge in [-0.3, -0.25) is 9.78 Å². The topological polar surface area (TPSA) is 90.0 Å². The van der Waals surface area contributed by atoms with Gasteiger partial charge in [0.15, 0.2) is 0 Å². The molecule has 1 aliphatic heterocycles. The van der Waals surface area contributed by atoms with Gasteiger partial charge in [-0.05, 0) is 37.7 Å². The van der Waals surface area contributed by atoms with E-state index in [9.17, 15) is 4.79 Å². The first-order chi connectivity index (χ1) is 14.5. The van der Waals surface area contributed by atoms with Crippen molar-refractivity contribution in [3.05, 3.63) is 57.6 Å². The lowest BCUT2D eigenvalue weighted by Gasteiger charge is -2.34. The normalized spacial score (nSPS) is 14.7. The average Bonchev–Trinajstić information content (AvgIpc) is 2.75. The third-order valence-corrected chi connectivity index (χ3v) is 5.45. The molecular formula is C21H24ClN7O. The van der Waals surface area contributed by atoms with Crippen LogP contribution in [0.5, 0.6) is 0 Å². The van der Waals surface area contributed by atoms with Crippen LogP contribution in [-0.4, -0.2) is 57.6 Å². The van der Waals surface area contributed by atoms with Crippen LogP contribution in [0.2, 0.25) is 5.02 Å². The van der Waals surface area contributed by atoms with Crippen molar-refractivity contribution in [3.8, 4) is 11.3 Å². The Morgan fingerprint density at radius 3 is 2.53 bits per heavy atom. The number of anilines is 3. The number of aromatic nitrogens is 4. The van der Waals surface area contributed by atoms with Crippen LogP contribution in [0.15, 0.2) is 41.3 Å². The number of rotatable bonds is 5. The van der Waals surface area contributed by atoms with Crippen molar-refractivity contribution in [1.29, 1.82) is 0 Å². The molecule has 0 spiro atoms. The zero-order valence-corrected chi connectivity index (χ0v) is 17.8. The maximum Gasteiger partial charge on any atom is 0.252 e. The Balaban J connectivity index is 1.57. The van der Waals surface area contributed by atoms with E-state index in [1.807, 2.05) is 19.1 Å². The molecule has 1 aromatic carbocycles. The minimum absolute atomic E-state index is 0.254. The summed E-state index contributed by atoms with van der Waals surface area (Å²) < 4.78 is 0. The van der Waals surface area contributed by atoms with E-state index < -0.39 is 0 Å². The van der Waals surface area contributed by atoms with Gasteiger partial charge in [-0.15, -0.1) is 0 Å². The van der Waals surface area contributed by atoms with Crippen LogP contribution in [0.3, 0.4) is 0 Å². The third kappa shape index (κ3) is 4.60. The zero-order valence-electron chi connectivity index (χ0n) is 17.0. The van der Waals surface area contributed by atoms with Gasteiger partial charge in [-0.1, -0.05) is 18.5 Å². The molecule has 0 radical (unpaired) electrons. The first kappa shape index (κ1) is 20.3. The van der Waals surface area contributed by atoms with E-state index in [1.165, 1.54) is 6.07 Å². The number of nitrogens with one attached hydrogen (secondary N) is 2. The molecule has 30 heavy (non-hydrogen) atoms. The Bertz CT molecular complexity index is 1080. The Hall–Kier alpha value is -2.97. The number of aryl methyl sites for hydroxylation is 1. The molecule has 2 aromatic heterocycles. The summed E-state index contributed by atoms with van der Waals surface area (Å²) in [5.74, 6) is 1.07. The Morgan fingerprint density at radius 1 is 1.13 bits per heavy atom. The van der Waals surface area contributed by atoms with Gasteiger partial charge in [-0.25, -0.2) is 15.0 Å². The molecule has 2 N–H and O–H groups in total. The SMILES string of the molecule is CCN1CCN(c2ncc(-c3cc(=O)[nH]c(Nc4ccc(Cl)cc4)n3)c(C)n2)CC1. The van der Waals surface area contributed by atoms with Crippen LogP contribution < -0.4 is 15.8 Å². The highest BCUT2D eigenvalue weighted by Gasteiger charge is 2.19. The first-order valence-corrected chi connectivity index (χ1v) is 10.3. The molecule has 0 amide bonds. The van der Waals surface area contributed by atoms with Crippen LogP contribution >= 0.6 is 11.6 Å². The van der Waals surface area contributed by atoms with Crippen molar-refractivity contribution >= 4 is 29.2 Å². The largest absolute Gasteiger partial charge is 0.338 e. The Labute approximate surface area is 180 Å². The Morgan fingerprint density at radius 2 is 1.87 bits per heavy atom. The first-order valence-electron chi connectivity index (χ1n) is 9.97. The second kappa shape index (κ2) is 8.81. The molecular weight excluding hydrogens is 402 g/mol. The summed E-state index contributed by atoms with van der Waals surface area (Å²) in [5.41, 5.74) is 2.56. The van der Waals surface area contributed by atoms with Crippen molar-refractivity contribution in [2.24, 2.45) is 0 Å². The van der Waals surface area contributed by atoms with Crippen LogP contribution in [-0.2, 0) is 0 Å². The maximum absolute atomic E-state index is 12.2. The summed E-state index contributed by atoms with van der Waals surface area (Å²) in [6, 6.07) is 8.62. The van der Waals surface area contributed by atoms with Gasteiger partial charge in [0.1, 0.15) is 0 Å². The fourth-order valence-electron chi connectivity index (χ4n) is 3.45. The van der Waals surface area contributed by atoms with Gasteiger partial charge in [0.25, 0.3) is 5.56 Å². The number of benzene rings is 1. The second-order valence-corrected chi connectivity index (χ2v) is 7.64. The molecule has 0 bridgehead atoms. The van der Waals surface area contributed by atoms with E-state index >= 15 is 0 Å². The summed E-state index contributed by atoms with van der Waals surface area (Å²) in [7, 11) is 0. The number of hydrogen-bond acceptors (Lipinski definition) is 7. The standard InChI is InChI=1S/C21H24ClN7O/c1-3-28-8-10-29(11-9-28)21-23-13-17(14(2)24-21)18-12-19(30)27-20(26-18)25-16-6-4-15(22)5-7-16/h4-7,12-13H,3,8-11H2,1-2H3,(H2,25,26,27,30). The number of halogens is 1. The van der Waals surface area contributed by atoms with E-state index in [-0.39, 0.29) is 5.56 Å². The van der Waals surface area contributed by atoms with E-state index in [0.29, 0.717) is 16.7 Å². The third-order valence-electron chi connectivity index (χ3n) is 5.19. The summed E-state index contributed by atoms with van der Waals surface area (Å²) in [5, 5.41) is 3.73. The fourth-order valence-corrected chi connectivity index (χ4v) is 3.57. The molecule has 8 nitrogen and oxygen atoms in total. The quantitative estimate of drug-likeness (QED) is 0.649. The van der Waals surface area contributed by atoms with Crippen molar-refractivity contribution in [2.75, 3.05) is 42.9 Å². The van der Waals surface area contributed by atoms with Gasteiger partial charge >= 0.3 is 0 Å². The second-order valence-electron chi connectivity index (χ2n) is 7.20. The maximum atomic E-state index is 12.2. The number of piperazine rings is 1. The highest BCUT2D eigenvalue weighted by atomic mass is 35.5. The summed E-state index contributed by atoms with van der Waals surface area (Å²) in [6.07, 6.45) is 1.75. The summed E-state index contributed by atoms with van der Waals surface area (Å²) >= 11 is 5.93. The monoisotopic (exact) mass is 425 g/mol. The van der Waals surface area contributed by atoms with Crippen molar-refractivity contribution in [2.45, 2.75) is 13.8 Å². The molecule has 3 heterocycles. The summed E-state index contributed by atoms with van der Waals surface area (Å²) in [4.78, 5) is 33.3. The summed E-state index contributed by atoms with van der Waals surface area (Å²) in [6.45, 7) is 8.99. The lowest BCUT2D eigenvalue weighted by Crippen LogP contribution is -2.46. The Kier molecular flexibility index (Phi) is 5.96. The van der Waals surface area contributed by atoms with E-state index in [1.54, 1.807) is 18.3 Å². The molecule has 1 saturated heterocycles. The number of nitrogens with zero attached hydrogens (tertiary/aromatic N) is 5. The van der Waals surface area contributed by atoms with E-state index in [4.69, 9.17) is 11.6 Å². The highest BCUT2D eigenvalue weighted by molar-refractivity contribution is 6.30. The highest BCUT2D eigenvalue weighted by Crippen LogP contribution is 2.23. The minimum atomic E-state index is -0.254. The van der Waals surface area contributed by atoms with Gasteiger partial charge in [0.05, 0.1) is 11.4 Å². The van der Waals surface area contributed by atoms with E-state index in [0.717, 1.165) is 55.6 Å². The molecule has 3 aromatic rings. The van der Waals surface area contributed by atoms with Crippen LogP contribution in [0.4, 0.5) is 17.6 Å². The van der Waals surface area contributed by atoms with Crippen molar-refractivity contribution in [1.82, 2.24) is 24.8 Å². The van der Waals surface area contributed by atoms with Gasteiger partial charge in [0, 0.05) is 54.7 Å². The lowest BCUT2D eigenvalue weighted by atomic mass is 10.2. The number of aromatic amines is 1. The molecule has 0 saturated carbocycles. The van der Waals surface area contributed by atoms with Gasteiger partial charge in [-0.2, -0.15) is 0 Å². The predicted octanol–water partition coefficient (Wildman–Crippen LogP) is 3.07. The molecule has 9 heteroatoms. The van der Waals surface area contributed by atoms with E-state index in [2.05, 4.69) is 42.0 Å². The number of hydrogen-bond donors (Lipinski definition) is 2. The molecule has 0 unspecified atom stereocenters. The average molecular weight is 426 g/mol. The molecule has 1 fully saturated rings. The predicted molar refractivity (Wildman–Crippen MR) is 120 cm³/mol. The molecule has 0 aliphatic carbocycles. The smallest absolute Gasteiger partial charge is 0.252 e. The van der Waals surface area contributed by atoms with Crippen LogP contribution in [0, 0.1) is 6.92 Å².